The van der Waals surface area contributed by atoms with Gasteiger partial charge in [0.25, 0.3) is 0 Å². The highest BCUT2D eigenvalue weighted by Gasteiger charge is 2.19. The number of hydrogen-bond donors (Lipinski definition) is 1. The normalized spacial score (nSPS) is 12.4. The van der Waals surface area contributed by atoms with Gasteiger partial charge in [-0.3, -0.25) is 0 Å². The van der Waals surface area contributed by atoms with E-state index in [1.54, 1.807) is 13.8 Å². The standard InChI is InChI=1S/C18H16O/c1-18(2,19)11-10-13-7-5-9-16-15-8-4-3-6-14(15)12-17(13)16/h3-9,19H,12H2,1-2H3. The van der Waals surface area contributed by atoms with E-state index in [1.807, 2.05) is 12.1 Å². The molecule has 0 aromatic heterocycles. The van der Waals surface area contributed by atoms with Crippen molar-refractivity contribution in [3.05, 3.63) is 59.2 Å². The van der Waals surface area contributed by atoms with E-state index in [2.05, 4.69) is 42.2 Å². The summed E-state index contributed by atoms with van der Waals surface area (Å²) < 4.78 is 0. The number of benzene rings is 2. The summed E-state index contributed by atoms with van der Waals surface area (Å²) in [5.41, 5.74) is 5.29. The first-order chi connectivity index (χ1) is 9.04. The van der Waals surface area contributed by atoms with Crippen molar-refractivity contribution in [2.75, 3.05) is 0 Å². The maximum absolute atomic E-state index is 9.73. The minimum atomic E-state index is -0.950. The zero-order valence-electron chi connectivity index (χ0n) is 11.2. The molecular formula is C18H16O. The minimum absolute atomic E-state index is 0.933. The Balaban J connectivity index is 2.11. The summed E-state index contributed by atoms with van der Waals surface area (Å²) in [6.45, 7) is 3.41. The summed E-state index contributed by atoms with van der Waals surface area (Å²) in [6.07, 6.45) is 0.933. The molecule has 1 heteroatoms. The van der Waals surface area contributed by atoms with Crippen molar-refractivity contribution in [2.45, 2.75) is 25.9 Å². The maximum Gasteiger partial charge on any atom is 0.120 e. The van der Waals surface area contributed by atoms with Crippen molar-refractivity contribution >= 4 is 0 Å². The summed E-state index contributed by atoms with van der Waals surface area (Å²) in [5, 5.41) is 9.73. The lowest BCUT2D eigenvalue weighted by molar-refractivity contribution is 0.143. The molecule has 3 rings (SSSR count). The molecule has 0 saturated heterocycles. The Morgan fingerprint density at radius 1 is 1.00 bits per heavy atom. The zero-order chi connectivity index (χ0) is 13.5. The van der Waals surface area contributed by atoms with E-state index >= 15 is 0 Å². The molecule has 2 aromatic carbocycles. The first-order valence-electron chi connectivity index (χ1n) is 6.50. The van der Waals surface area contributed by atoms with Crippen LogP contribution in [0.25, 0.3) is 11.1 Å². The van der Waals surface area contributed by atoms with Gasteiger partial charge in [0.1, 0.15) is 5.60 Å². The van der Waals surface area contributed by atoms with Crippen LogP contribution in [0.3, 0.4) is 0 Å². The smallest absolute Gasteiger partial charge is 0.120 e. The predicted molar refractivity (Wildman–Crippen MR) is 77.9 cm³/mol. The molecule has 1 nitrogen and oxygen atoms in total. The highest BCUT2D eigenvalue weighted by Crippen LogP contribution is 2.37. The minimum Gasteiger partial charge on any atom is -0.378 e. The lowest BCUT2D eigenvalue weighted by Crippen LogP contribution is -2.14. The van der Waals surface area contributed by atoms with Crippen molar-refractivity contribution in [3.63, 3.8) is 0 Å². The van der Waals surface area contributed by atoms with E-state index in [9.17, 15) is 5.11 Å². The third kappa shape index (κ3) is 2.28. The number of fused-ring (bicyclic) bond motifs is 3. The average Bonchev–Trinajstić information content (AvgIpc) is 2.74. The Morgan fingerprint density at radius 3 is 2.53 bits per heavy atom. The molecule has 94 valence electrons. The van der Waals surface area contributed by atoms with Crippen molar-refractivity contribution in [2.24, 2.45) is 0 Å². The Morgan fingerprint density at radius 2 is 1.74 bits per heavy atom. The van der Waals surface area contributed by atoms with E-state index in [4.69, 9.17) is 0 Å². The van der Waals surface area contributed by atoms with E-state index in [-0.39, 0.29) is 0 Å². The van der Waals surface area contributed by atoms with Gasteiger partial charge in [-0.15, -0.1) is 0 Å². The van der Waals surface area contributed by atoms with Crippen LogP contribution in [-0.2, 0) is 6.42 Å². The second kappa shape index (κ2) is 4.26. The molecule has 0 spiro atoms. The second-order valence-electron chi connectivity index (χ2n) is 5.47. The summed E-state index contributed by atoms with van der Waals surface area (Å²) in [6, 6.07) is 14.7. The molecule has 0 amide bonds. The lowest BCUT2D eigenvalue weighted by Gasteiger charge is -2.07. The van der Waals surface area contributed by atoms with Crippen molar-refractivity contribution in [3.8, 4) is 23.0 Å². The lowest BCUT2D eigenvalue weighted by atomic mass is 10.0. The molecule has 0 bridgehead atoms. The van der Waals surface area contributed by atoms with E-state index in [0.717, 1.165) is 12.0 Å². The number of aliphatic hydroxyl groups is 1. The topological polar surface area (TPSA) is 20.2 Å². The fraction of sp³-hybridized carbons (Fsp3) is 0.222. The summed E-state index contributed by atoms with van der Waals surface area (Å²) >= 11 is 0. The fourth-order valence-corrected chi connectivity index (χ4v) is 2.49. The average molecular weight is 248 g/mol. The molecule has 0 saturated carbocycles. The number of rotatable bonds is 0. The first-order valence-corrected chi connectivity index (χ1v) is 6.50. The van der Waals surface area contributed by atoms with Gasteiger partial charge in [0.15, 0.2) is 0 Å². The SMILES string of the molecule is CC(C)(O)C#Cc1cccc2c1Cc1ccccc1-2. The van der Waals surface area contributed by atoms with Crippen LogP contribution in [0, 0.1) is 11.8 Å². The summed E-state index contributed by atoms with van der Waals surface area (Å²) in [5.74, 6) is 6.02. The highest BCUT2D eigenvalue weighted by atomic mass is 16.3. The maximum atomic E-state index is 9.73. The van der Waals surface area contributed by atoms with E-state index < -0.39 is 5.60 Å². The van der Waals surface area contributed by atoms with Crippen LogP contribution in [0.15, 0.2) is 42.5 Å². The zero-order valence-corrected chi connectivity index (χ0v) is 11.2. The summed E-state index contributed by atoms with van der Waals surface area (Å²) in [4.78, 5) is 0. The van der Waals surface area contributed by atoms with Crippen LogP contribution in [0.5, 0.6) is 0 Å². The van der Waals surface area contributed by atoms with Gasteiger partial charge in [0, 0.05) is 5.56 Å². The Kier molecular flexibility index (Phi) is 2.69. The van der Waals surface area contributed by atoms with Crippen molar-refractivity contribution in [1.29, 1.82) is 0 Å². The molecule has 0 aliphatic heterocycles. The fourth-order valence-electron chi connectivity index (χ4n) is 2.49. The molecule has 19 heavy (non-hydrogen) atoms. The third-order valence-electron chi connectivity index (χ3n) is 3.35. The Hall–Kier alpha value is -2.04. The van der Waals surface area contributed by atoms with Crippen LogP contribution in [0.4, 0.5) is 0 Å². The molecule has 0 unspecified atom stereocenters. The quantitative estimate of drug-likeness (QED) is 0.605. The molecule has 0 radical (unpaired) electrons. The molecule has 1 aliphatic rings. The van der Waals surface area contributed by atoms with E-state index in [1.165, 1.54) is 22.3 Å². The monoisotopic (exact) mass is 248 g/mol. The van der Waals surface area contributed by atoms with Gasteiger partial charge >= 0.3 is 0 Å². The molecule has 0 heterocycles. The van der Waals surface area contributed by atoms with E-state index in [0.29, 0.717) is 0 Å². The molecule has 1 aliphatic carbocycles. The predicted octanol–water partition coefficient (Wildman–Crippen LogP) is 3.38. The molecule has 0 fully saturated rings. The van der Waals surface area contributed by atoms with Gasteiger partial charge in [0.05, 0.1) is 0 Å². The van der Waals surface area contributed by atoms with Crippen LogP contribution < -0.4 is 0 Å². The molecule has 1 N–H and O–H groups in total. The van der Waals surface area contributed by atoms with Gasteiger partial charge in [-0.25, -0.2) is 0 Å². The Labute approximate surface area is 113 Å². The van der Waals surface area contributed by atoms with Crippen LogP contribution in [-0.4, -0.2) is 10.7 Å². The molecule has 0 atom stereocenters. The van der Waals surface area contributed by atoms with Gasteiger partial charge in [-0.1, -0.05) is 48.2 Å². The molecular weight excluding hydrogens is 232 g/mol. The van der Waals surface area contributed by atoms with Crippen molar-refractivity contribution in [1.82, 2.24) is 0 Å². The molecule has 2 aromatic rings. The number of hydrogen-bond acceptors (Lipinski definition) is 1. The van der Waals surface area contributed by atoms with Crippen LogP contribution >= 0.6 is 0 Å². The van der Waals surface area contributed by atoms with Gasteiger partial charge < -0.3 is 5.11 Å². The third-order valence-corrected chi connectivity index (χ3v) is 3.35. The first kappa shape index (κ1) is 12.0. The van der Waals surface area contributed by atoms with Gasteiger partial charge in [-0.05, 0) is 48.6 Å². The van der Waals surface area contributed by atoms with Gasteiger partial charge in [0.2, 0.25) is 0 Å². The highest BCUT2D eigenvalue weighted by molar-refractivity contribution is 5.79. The Bertz CT molecular complexity index is 694. The summed E-state index contributed by atoms with van der Waals surface area (Å²) in [7, 11) is 0. The second-order valence-corrected chi connectivity index (χ2v) is 5.47. The van der Waals surface area contributed by atoms with Crippen LogP contribution in [0.1, 0.15) is 30.5 Å². The van der Waals surface area contributed by atoms with Crippen LogP contribution in [0.2, 0.25) is 0 Å². The van der Waals surface area contributed by atoms with Crippen molar-refractivity contribution < 1.29 is 5.11 Å². The largest absolute Gasteiger partial charge is 0.378 e. The van der Waals surface area contributed by atoms with Gasteiger partial charge in [-0.2, -0.15) is 0 Å².